The highest BCUT2D eigenvalue weighted by molar-refractivity contribution is 5.19. The van der Waals surface area contributed by atoms with E-state index in [1.807, 2.05) is 0 Å². The maximum absolute atomic E-state index is 5.91. The van der Waals surface area contributed by atoms with Gasteiger partial charge < -0.3 is 5.73 Å². The van der Waals surface area contributed by atoms with Crippen molar-refractivity contribution < 1.29 is 0 Å². The average Bonchev–Trinajstić information content (AvgIpc) is 2.97. The Balaban J connectivity index is 2.21. The second-order valence-electron chi connectivity index (χ2n) is 6.53. The summed E-state index contributed by atoms with van der Waals surface area (Å²) in [5.74, 6) is 0.708. The van der Waals surface area contributed by atoms with Crippen molar-refractivity contribution in [3.8, 4) is 0 Å². The van der Waals surface area contributed by atoms with Crippen molar-refractivity contribution in [3.63, 3.8) is 0 Å². The van der Waals surface area contributed by atoms with Crippen molar-refractivity contribution in [1.82, 2.24) is 4.90 Å². The molecule has 1 saturated carbocycles. The Hall–Kier alpha value is -0.860. The number of rotatable bonds is 7. The Labute approximate surface area is 124 Å². The quantitative estimate of drug-likeness (QED) is 0.815. The molecule has 1 unspecified atom stereocenters. The fraction of sp³-hybridized carbons (Fsp3) is 0.667. The SMILES string of the molecule is CC(C)CN(C1CCCC1)C(CCN)c1ccccc1. The first-order valence-electron chi connectivity index (χ1n) is 8.23. The summed E-state index contributed by atoms with van der Waals surface area (Å²) in [5.41, 5.74) is 7.34. The highest BCUT2D eigenvalue weighted by Crippen LogP contribution is 2.33. The summed E-state index contributed by atoms with van der Waals surface area (Å²) in [6, 6.07) is 12.2. The molecule has 20 heavy (non-hydrogen) atoms. The molecule has 0 amide bonds. The summed E-state index contributed by atoms with van der Waals surface area (Å²) in [4.78, 5) is 2.75. The van der Waals surface area contributed by atoms with Crippen molar-refractivity contribution in [1.29, 1.82) is 0 Å². The first-order valence-corrected chi connectivity index (χ1v) is 8.23. The average molecular weight is 274 g/mol. The predicted molar refractivity (Wildman–Crippen MR) is 86.7 cm³/mol. The second kappa shape index (κ2) is 7.80. The lowest BCUT2D eigenvalue weighted by Crippen LogP contribution is -2.40. The molecule has 112 valence electrons. The first-order chi connectivity index (χ1) is 9.72. The van der Waals surface area contributed by atoms with Crippen LogP contribution < -0.4 is 5.73 Å². The summed E-state index contributed by atoms with van der Waals surface area (Å²) >= 11 is 0. The number of nitrogens with zero attached hydrogens (tertiary/aromatic N) is 1. The molecular weight excluding hydrogens is 244 g/mol. The van der Waals surface area contributed by atoms with E-state index >= 15 is 0 Å². The van der Waals surface area contributed by atoms with Gasteiger partial charge in [-0.2, -0.15) is 0 Å². The van der Waals surface area contributed by atoms with Gasteiger partial charge >= 0.3 is 0 Å². The summed E-state index contributed by atoms with van der Waals surface area (Å²) in [6.07, 6.45) is 6.57. The van der Waals surface area contributed by atoms with Gasteiger partial charge in [0.25, 0.3) is 0 Å². The fourth-order valence-corrected chi connectivity index (χ4v) is 3.55. The minimum absolute atomic E-state index is 0.492. The van der Waals surface area contributed by atoms with Gasteiger partial charge in [-0.1, -0.05) is 57.0 Å². The minimum Gasteiger partial charge on any atom is -0.330 e. The normalized spacial score (nSPS) is 18.1. The van der Waals surface area contributed by atoms with Crippen LogP contribution in [0.25, 0.3) is 0 Å². The standard InChI is InChI=1S/C18H30N2/c1-15(2)14-20(17-10-6-7-11-17)18(12-13-19)16-8-4-3-5-9-16/h3-5,8-9,15,17-18H,6-7,10-14,19H2,1-2H3. The van der Waals surface area contributed by atoms with Crippen LogP contribution in [0.4, 0.5) is 0 Å². The molecule has 0 radical (unpaired) electrons. The predicted octanol–water partition coefficient (Wildman–Crippen LogP) is 3.98. The maximum atomic E-state index is 5.91. The first kappa shape index (κ1) is 15.5. The number of hydrogen-bond donors (Lipinski definition) is 1. The zero-order valence-corrected chi connectivity index (χ0v) is 13.1. The number of benzene rings is 1. The van der Waals surface area contributed by atoms with Crippen LogP contribution in [-0.2, 0) is 0 Å². The summed E-state index contributed by atoms with van der Waals surface area (Å²) < 4.78 is 0. The molecule has 1 aliphatic carbocycles. The van der Waals surface area contributed by atoms with Gasteiger partial charge in [-0.15, -0.1) is 0 Å². The van der Waals surface area contributed by atoms with Crippen LogP contribution in [0, 0.1) is 5.92 Å². The van der Waals surface area contributed by atoms with Crippen LogP contribution in [0.3, 0.4) is 0 Å². The van der Waals surface area contributed by atoms with Crippen LogP contribution in [0.5, 0.6) is 0 Å². The molecule has 1 aromatic carbocycles. The van der Waals surface area contributed by atoms with Crippen molar-refractivity contribution >= 4 is 0 Å². The summed E-state index contributed by atoms with van der Waals surface area (Å²) in [5, 5.41) is 0. The Bertz CT molecular complexity index is 368. The molecule has 0 bridgehead atoms. The molecule has 0 aliphatic heterocycles. The van der Waals surface area contributed by atoms with E-state index in [1.54, 1.807) is 0 Å². The van der Waals surface area contributed by atoms with E-state index in [4.69, 9.17) is 5.73 Å². The van der Waals surface area contributed by atoms with E-state index in [-0.39, 0.29) is 0 Å². The molecule has 0 saturated heterocycles. The molecule has 2 rings (SSSR count). The van der Waals surface area contributed by atoms with E-state index in [2.05, 4.69) is 49.1 Å². The van der Waals surface area contributed by atoms with Gasteiger partial charge in [0.15, 0.2) is 0 Å². The lowest BCUT2D eigenvalue weighted by molar-refractivity contribution is 0.113. The van der Waals surface area contributed by atoms with Crippen molar-refractivity contribution in [2.45, 2.75) is 58.0 Å². The van der Waals surface area contributed by atoms with E-state index in [0.717, 1.165) is 19.0 Å². The Morgan fingerprint density at radius 1 is 1.15 bits per heavy atom. The van der Waals surface area contributed by atoms with E-state index in [9.17, 15) is 0 Å². The largest absolute Gasteiger partial charge is 0.330 e. The maximum Gasteiger partial charge on any atom is 0.0363 e. The Morgan fingerprint density at radius 3 is 2.35 bits per heavy atom. The van der Waals surface area contributed by atoms with Crippen LogP contribution in [0.2, 0.25) is 0 Å². The van der Waals surface area contributed by atoms with Crippen LogP contribution in [0.15, 0.2) is 30.3 Å². The topological polar surface area (TPSA) is 29.3 Å². The van der Waals surface area contributed by atoms with Gasteiger partial charge in [-0.25, -0.2) is 0 Å². The lowest BCUT2D eigenvalue weighted by atomic mass is 9.98. The summed E-state index contributed by atoms with van der Waals surface area (Å²) in [6.45, 7) is 6.60. The lowest BCUT2D eigenvalue weighted by Gasteiger charge is -2.38. The smallest absolute Gasteiger partial charge is 0.0363 e. The number of hydrogen-bond acceptors (Lipinski definition) is 2. The van der Waals surface area contributed by atoms with Crippen molar-refractivity contribution in [2.75, 3.05) is 13.1 Å². The van der Waals surface area contributed by atoms with E-state index < -0.39 is 0 Å². The van der Waals surface area contributed by atoms with Gasteiger partial charge in [-0.3, -0.25) is 4.90 Å². The molecule has 0 heterocycles. The van der Waals surface area contributed by atoms with E-state index in [1.165, 1.54) is 37.8 Å². The van der Waals surface area contributed by atoms with Crippen LogP contribution in [0.1, 0.15) is 57.6 Å². The highest BCUT2D eigenvalue weighted by atomic mass is 15.2. The third-order valence-electron chi connectivity index (χ3n) is 4.39. The van der Waals surface area contributed by atoms with Crippen molar-refractivity contribution in [3.05, 3.63) is 35.9 Å². The van der Waals surface area contributed by atoms with Crippen LogP contribution >= 0.6 is 0 Å². The fourth-order valence-electron chi connectivity index (χ4n) is 3.55. The zero-order valence-electron chi connectivity index (χ0n) is 13.1. The van der Waals surface area contributed by atoms with Gasteiger partial charge in [0.1, 0.15) is 0 Å². The third-order valence-corrected chi connectivity index (χ3v) is 4.39. The minimum atomic E-state index is 0.492. The van der Waals surface area contributed by atoms with E-state index in [0.29, 0.717) is 12.0 Å². The number of nitrogens with two attached hydrogens (primary N) is 1. The van der Waals surface area contributed by atoms with Gasteiger partial charge in [0.2, 0.25) is 0 Å². The molecule has 0 spiro atoms. The Morgan fingerprint density at radius 2 is 1.80 bits per heavy atom. The van der Waals surface area contributed by atoms with Gasteiger partial charge in [0, 0.05) is 18.6 Å². The molecule has 2 N–H and O–H groups in total. The monoisotopic (exact) mass is 274 g/mol. The Kier molecular flexibility index (Phi) is 6.06. The molecule has 2 heteroatoms. The zero-order chi connectivity index (χ0) is 14.4. The van der Waals surface area contributed by atoms with Crippen molar-refractivity contribution in [2.24, 2.45) is 11.7 Å². The molecule has 1 fully saturated rings. The summed E-state index contributed by atoms with van der Waals surface area (Å²) in [7, 11) is 0. The third kappa shape index (κ3) is 4.07. The molecular formula is C18H30N2. The molecule has 2 nitrogen and oxygen atoms in total. The molecule has 0 aromatic heterocycles. The van der Waals surface area contributed by atoms with Gasteiger partial charge in [-0.05, 0) is 37.3 Å². The van der Waals surface area contributed by atoms with Gasteiger partial charge in [0.05, 0.1) is 0 Å². The van der Waals surface area contributed by atoms with Crippen LogP contribution in [-0.4, -0.2) is 24.0 Å². The molecule has 1 atom stereocenters. The molecule has 1 aromatic rings. The second-order valence-corrected chi connectivity index (χ2v) is 6.53. The highest BCUT2D eigenvalue weighted by Gasteiger charge is 2.29. The molecule has 1 aliphatic rings.